The number of rotatable bonds is 3. The molecule has 0 saturated heterocycles. The van der Waals surface area contributed by atoms with Gasteiger partial charge in [-0.2, -0.15) is 0 Å². The minimum absolute atomic E-state index is 0.0532. The summed E-state index contributed by atoms with van der Waals surface area (Å²) >= 11 is 0. The van der Waals surface area contributed by atoms with Crippen molar-refractivity contribution in [2.24, 2.45) is 5.73 Å². The molecule has 0 amide bonds. The minimum atomic E-state index is -0.222. The summed E-state index contributed by atoms with van der Waals surface area (Å²) in [6.07, 6.45) is 0.505. The lowest BCUT2D eigenvalue weighted by molar-refractivity contribution is 0.276. The molecule has 1 atom stereocenters. The molecule has 0 heterocycles. The van der Waals surface area contributed by atoms with E-state index in [0.717, 1.165) is 5.56 Å². The largest absolute Gasteiger partial charge is 0.396 e. The molecule has 0 saturated carbocycles. The maximum absolute atomic E-state index is 12.9. The Morgan fingerprint density at radius 1 is 1.54 bits per heavy atom. The maximum Gasteiger partial charge on any atom is 0.126 e. The summed E-state index contributed by atoms with van der Waals surface area (Å²) in [7, 11) is 0. The molecule has 1 aromatic rings. The summed E-state index contributed by atoms with van der Waals surface area (Å²) in [6.45, 7) is 1.75. The van der Waals surface area contributed by atoms with Crippen molar-refractivity contribution in [3.63, 3.8) is 0 Å². The first-order valence-electron chi connectivity index (χ1n) is 4.27. The van der Waals surface area contributed by atoms with Crippen LogP contribution < -0.4 is 5.73 Å². The number of aryl methyl sites for hydroxylation is 1. The Bertz CT molecular complexity index is 288. The Morgan fingerprint density at radius 2 is 2.23 bits per heavy atom. The van der Waals surface area contributed by atoms with E-state index in [1.54, 1.807) is 19.1 Å². The molecule has 1 aromatic carbocycles. The van der Waals surface area contributed by atoms with Gasteiger partial charge in [0.2, 0.25) is 0 Å². The zero-order valence-corrected chi connectivity index (χ0v) is 7.63. The van der Waals surface area contributed by atoms with E-state index < -0.39 is 0 Å². The second kappa shape index (κ2) is 4.35. The number of nitrogens with two attached hydrogens (primary N) is 1. The molecule has 0 aliphatic rings. The van der Waals surface area contributed by atoms with Crippen LogP contribution in [0.15, 0.2) is 18.2 Å². The van der Waals surface area contributed by atoms with Crippen LogP contribution in [0.3, 0.4) is 0 Å². The van der Waals surface area contributed by atoms with Gasteiger partial charge in [-0.25, -0.2) is 4.39 Å². The lowest BCUT2D eigenvalue weighted by Gasteiger charge is -2.10. The topological polar surface area (TPSA) is 46.2 Å². The third kappa shape index (κ3) is 2.50. The van der Waals surface area contributed by atoms with Crippen LogP contribution in [-0.4, -0.2) is 11.7 Å². The number of aliphatic hydroxyl groups excluding tert-OH is 1. The molecule has 0 bridgehead atoms. The number of hydrogen-bond donors (Lipinski definition) is 2. The van der Waals surface area contributed by atoms with Crippen molar-refractivity contribution >= 4 is 0 Å². The van der Waals surface area contributed by atoms with Crippen LogP contribution in [0.5, 0.6) is 0 Å². The molecule has 1 rings (SSSR count). The highest BCUT2D eigenvalue weighted by molar-refractivity contribution is 5.26. The Labute approximate surface area is 77.2 Å². The molecule has 13 heavy (non-hydrogen) atoms. The van der Waals surface area contributed by atoms with Gasteiger partial charge >= 0.3 is 0 Å². The minimum Gasteiger partial charge on any atom is -0.396 e. The first-order valence-corrected chi connectivity index (χ1v) is 4.27. The van der Waals surface area contributed by atoms with Gasteiger partial charge in [0.25, 0.3) is 0 Å². The number of halogens is 1. The fraction of sp³-hybridized carbons (Fsp3) is 0.400. The molecule has 0 unspecified atom stereocenters. The second-order valence-electron chi connectivity index (χ2n) is 3.13. The van der Waals surface area contributed by atoms with Crippen molar-refractivity contribution in [3.05, 3.63) is 35.1 Å². The van der Waals surface area contributed by atoms with E-state index in [2.05, 4.69) is 0 Å². The quantitative estimate of drug-likeness (QED) is 0.746. The molecule has 0 aromatic heterocycles. The Hall–Kier alpha value is -0.930. The van der Waals surface area contributed by atoms with Crippen LogP contribution in [0.1, 0.15) is 23.6 Å². The van der Waals surface area contributed by atoms with Crippen LogP contribution in [0.2, 0.25) is 0 Å². The van der Waals surface area contributed by atoms with Gasteiger partial charge in [0, 0.05) is 12.6 Å². The summed E-state index contributed by atoms with van der Waals surface area (Å²) in [6, 6.07) is 4.57. The summed E-state index contributed by atoms with van der Waals surface area (Å²) in [5, 5.41) is 8.67. The molecule has 0 fully saturated rings. The number of hydrogen-bond acceptors (Lipinski definition) is 2. The van der Waals surface area contributed by atoms with Gasteiger partial charge in [0.15, 0.2) is 0 Å². The molecule has 3 heteroatoms. The summed E-state index contributed by atoms with van der Waals surface area (Å²) < 4.78 is 12.9. The Morgan fingerprint density at radius 3 is 2.77 bits per heavy atom. The highest BCUT2D eigenvalue weighted by Gasteiger charge is 2.06. The third-order valence-electron chi connectivity index (χ3n) is 2.05. The molecular formula is C10H14FNO. The van der Waals surface area contributed by atoms with Gasteiger partial charge < -0.3 is 10.8 Å². The van der Waals surface area contributed by atoms with E-state index in [4.69, 9.17) is 10.8 Å². The highest BCUT2D eigenvalue weighted by Crippen LogP contribution is 2.16. The van der Waals surface area contributed by atoms with Crippen LogP contribution in [-0.2, 0) is 0 Å². The normalized spacial score (nSPS) is 12.9. The van der Waals surface area contributed by atoms with Crippen molar-refractivity contribution in [1.82, 2.24) is 0 Å². The Kier molecular flexibility index (Phi) is 3.39. The van der Waals surface area contributed by atoms with Gasteiger partial charge in [0.05, 0.1) is 0 Å². The zero-order valence-electron chi connectivity index (χ0n) is 7.63. The van der Waals surface area contributed by atoms with Crippen LogP contribution in [0, 0.1) is 12.7 Å². The highest BCUT2D eigenvalue weighted by atomic mass is 19.1. The van der Waals surface area contributed by atoms with Gasteiger partial charge in [-0.3, -0.25) is 0 Å². The lowest BCUT2D eigenvalue weighted by Crippen LogP contribution is -2.12. The molecule has 0 spiro atoms. The summed E-state index contributed by atoms with van der Waals surface area (Å²) in [5.41, 5.74) is 7.20. The van der Waals surface area contributed by atoms with E-state index >= 15 is 0 Å². The van der Waals surface area contributed by atoms with Crippen LogP contribution in [0.4, 0.5) is 4.39 Å². The standard InChI is InChI=1S/C10H14FNO/c1-7-6-8(2-3-9(7)11)10(12)4-5-13/h2-3,6,10,13H,4-5,12H2,1H3/t10-/m0/s1. The van der Waals surface area contributed by atoms with E-state index in [-0.39, 0.29) is 18.5 Å². The summed E-state index contributed by atoms with van der Waals surface area (Å²) in [4.78, 5) is 0. The number of aliphatic hydroxyl groups is 1. The first kappa shape index (κ1) is 10.2. The smallest absolute Gasteiger partial charge is 0.126 e. The van der Waals surface area contributed by atoms with Crippen molar-refractivity contribution in [3.8, 4) is 0 Å². The van der Waals surface area contributed by atoms with Crippen molar-refractivity contribution in [1.29, 1.82) is 0 Å². The SMILES string of the molecule is Cc1cc([C@@H](N)CCO)ccc1F. The van der Waals surface area contributed by atoms with Gasteiger partial charge in [-0.1, -0.05) is 12.1 Å². The monoisotopic (exact) mass is 183 g/mol. The first-order chi connectivity index (χ1) is 6.15. The van der Waals surface area contributed by atoms with E-state index in [0.29, 0.717) is 12.0 Å². The van der Waals surface area contributed by atoms with Crippen LogP contribution in [0.25, 0.3) is 0 Å². The van der Waals surface area contributed by atoms with Gasteiger partial charge in [0.1, 0.15) is 5.82 Å². The molecule has 0 aliphatic heterocycles. The van der Waals surface area contributed by atoms with Crippen molar-refractivity contribution in [2.45, 2.75) is 19.4 Å². The zero-order chi connectivity index (χ0) is 9.84. The van der Waals surface area contributed by atoms with E-state index in [1.807, 2.05) is 0 Å². The average molecular weight is 183 g/mol. The van der Waals surface area contributed by atoms with Crippen molar-refractivity contribution in [2.75, 3.05) is 6.61 Å². The molecule has 0 aliphatic carbocycles. The fourth-order valence-corrected chi connectivity index (χ4v) is 1.20. The molecule has 72 valence electrons. The number of benzene rings is 1. The molecule has 3 N–H and O–H groups in total. The van der Waals surface area contributed by atoms with E-state index in [9.17, 15) is 4.39 Å². The lowest BCUT2D eigenvalue weighted by atomic mass is 10.0. The molecular weight excluding hydrogens is 169 g/mol. The Balaban J connectivity index is 2.84. The van der Waals surface area contributed by atoms with Gasteiger partial charge in [-0.15, -0.1) is 0 Å². The maximum atomic E-state index is 12.9. The van der Waals surface area contributed by atoms with E-state index in [1.165, 1.54) is 6.07 Å². The molecule has 2 nitrogen and oxygen atoms in total. The predicted octanol–water partition coefficient (Wildman–Crippen LogP) is 1.52. The third-order valence-corrected chi connectivity index (χ3v) is 2.05. The fourth-order valence-electron chi connectivity index (χ4n) is 1.20. The summed E-state index contributed by atoms with van der Waals surface area (Å²) in [5.74, 6) is -0.222. The van der Waals surface area contributed by atoms with Crippen LogP contribution >= 0.6 is 0 Å². The predicted molar refractivity (Wildman–Crippen MR) is 49.8 cm³/mol. The second-order valence-corrected chi connectivity index (χ2v) is 3.13. The van der Waals surface area contributed by atoms with Gasteiger partial charge in [-0.05, 0) is 30.5 Å². The van der Waals surface area contributed by atoms with Crippen molar-refractivity contribution < 1.29 is 9.50 Å². The average Bonchev–Trinajstić information content (AvgIpc) is 2.10. The molecule has 0 radical (unpaired) electrons.